The van der Waals surface area contributed by atoms with E-state index >= 15 is 0 Å². The van der Waals surface area contributed by atoms with Gasteiger partial charge in [0.05, 0.1) is 0 Å². The van der Waals surface area contributed by atoms with Crippen molar-refractivity contribution in [1.82, 2.24) is 0 Å². The lowest BCUT2D eigenvalue weighted by atomic mass is 10.0. The molecule has 3 aromatic rings. The molecule has 0 unspecified atom stereocenters. The maximum Gasteiger partial charge on any atom is 0.423 e. The molecule has 0 heterocycles. The highest BCUT2D eigenvalue weighted by atomic mass is 28.3. The molecule has 0 spiro atoms. The summed E-state index contributed by atoms with van der Waals surface area (Å²) in [6.07, 6.45) is 0. The lowest BCUT2D eigenvalue weighted by Crippen LogP contribution is -2.34. The monoisotopic (exact) mass is 335 g/mol. The number of hydrogen-bond donors (Lipinski definition) is 0. The molecular weight excluding hydrogens is 316 g/mol. The van der Waals surface area contributed by atoms with Crippen LogP contribution in [0, 0.1) is 0 Å². The first kappa shape index (κ1) is 16.5. The Labute approximate surface area is 144 Å². The summed E-state index contributed by atoms with van der Waals surface area (Å²) in [4.78, 5) is 0. The van der Waals surface area contributed by atoms with E-state index in [1.807, 2.05) is 48.5 Å². The summed E-state index contributed by atoms with van der Waals surface area (Å²) in [6.45, 7) is 0. The molecule has 0 aromatic heterocycles. The van der Waals surface area contributed by atoms with Crippen LogP contribution in [0.5, 0.6) is 11.5 Å². The van der Waals surface area contributed by atoms with Gasteiger partial charge in [0, 0.05) is 19.8 Å². The number of benzene rings is 3. The van der Waals surface area contributed by atoms with Gasteiger partial charge in [-0.25, -0.2) is 0 Å². The molecule has 0 saturated carbocycles. The van der Waals surface area contributed by atoms with Crippen molar-refractivity contribution in [2.45, 2.75) is 0 Å². The Bertz CT molecular complexity index is 768. The quantitative estimate of drug-likeness (QED) is 0.634. The van der Waals surface area contributed by atoms with Gasteiger partial charge >= 0.3 is 9.28 Å². The van der Waals surface area contributed by atoms with Crippen molar-refractivity contribution in [2.75, 3.05) is 14.2 Å². The fourth-order valence-corrected chi connectivity index (χ4v) is 3.59. The molecule has 0 aliphatic rings. The van der Waals surface area contributed by atoms with Crippen LogP contribution in [0.4, 0.5) is 0 Å². The Hall–Kier alpha value is -2.40. The largest absolute Gasteiger partial charge is 0.457 e. The highest BCUT2D eigenvalue weighted by molar-refractivity contribution is 6.61. The van der Waals surface area contributed by atoms with Gasteiger partial charge in [-0.05, 0) is 28.9 Å². The van der Waals surface area contributed by atoms with Crippen LogP contribution in [0.25, 0.3) is 11.1 Å². The maximum atomic E-state index is 6.04. The van der Waals surface area contributed by atoms with E-state index in [0.717, 1.165) is 27.8 Å². The zero-order valence-corrected chi connectivity index (χ0v) is 14.7. The van der Waals surface area contributed by atoms with Crippen LogP contribution in [0.3, 0.4) is 0 Å². The van der Waals surface area contributed by atoms with Crippen molar-refractivity contribution in [2.24, 2.45) is 0 Å². The van der Waals surface area contributed by atoms with Crippen LogP contribution >= 0.6 is 0 Å². The smallest absolute Gasteiger partial charge is 0.423 e. The zero-order valence-electron chi connectivity index (χ0n) is 13.7. The molecule has 0 atom stereocenters. The van der Waals surface area contributed by atoms with Crippen LogP contribution in [0.2, 0.25) is 0 Å². The van der Waals surface area contributed by atoms with Crippen molar-refractivity contribution < 1.29 is 13.6 Å². The SMILES string of the molecule is CO[Si](OC)c1ccc(-c2ccccc2Oc2ccccc2)cc1. The minimum atomic E-state index is -1.39. The summed E-state index contributed by atoms with van der Waals surface area (Å²) in [6, 6.07) is 26.1. The maximum absolute atomic E-state index is 6.04. The van der Waals surface area contributed by atoms with Gasteiger partial charge in [-0.2, -0.15) is 0 Å². The van der Waals surface area contributed by atoms with Gasteiger partial charge in [0.2, 0.25) is 0 Å². The molecule has 1 radical (unpaired) electrons. The molecule has 0 amide bonds. The van der Waals surface area contributed by atoms with Crippen molar-refractivity contribution in [3.8, 4) is 22.6 Å². The van der Waals surface area contributed by atoms with Crippen LogP contribution in [-0.4, -0.2) is 23.5 Å². The van der Waals surface area contributed by atoms with E-state index in [1.54, 1.807) is 14.2 Å². The first-order valence-corrected chi connectivity index (χ1v) is 9.01. The normalized spacial score (nSPS) is 10.8. The Kier molecular flexibility index (Phi) is 5.43. The van der Waals surface area contributed by atoms with Gasteiger partial charge in [-0.15, -0.1) is 0 Å². The molecular formula is C20H19O3Si. The van der Waals surface area contributed by atoms with E-state index < -0.39 is 9.28 Å². The first-order chi connectivity index (χ1) is 11.8. The number of ether oxygens (including phenoxy) is 1. The summed E-state index contributed by atoms with van der Waals surface area (Å²) in [7, 11) is 1.96. The number of rotatable bonds is 6. The minimum Gasteiger partial charge on any atom is -0.457 e. The fourth-order valence-electron chi connectivity index (χ4n) is 2.51. The van der Waals surface area contributed by atoms with Crippen molar-refractivity contribution in [3.05, 3.63) is 78.9 Å². The third-order valence-corrected chi connectivity index (χ3v) is 5.21. The molecule has 3 rings (SSSR count). The summed E-state index contributed by atoms with van der Waals surface area (Å²) >= 11 is 0. The Morgan fingerprint density at radius 1 is 0.667 bits per heavy atom. The zero-order chi connectivity index (χ0) is 16.8. The Morgan fingerprint density at radius 3 is 1.96 bits per heavy atom. The molecule has 3 aromatic carbocycles. The van der Waals surface area contributed by atoms with Gasteiger partial charge < -0.3 is 13.6 Å². The number of hydrogen-bond acceptors (Lipinski definition) is 3. The lowest BCUT2D eigenvalue weighted by Gasteiger charge is -2.13. The van der Waals surface area contributed by atoms with Gasteiger partial charge in [0.15, 0.2) is 0 Å². The Balaban J connectivity index is 1.89. The molecule has 0 aliphatic carbocycles. The van der Waals surface area contributed by atoms with E-state index in [1.165, 1.54) is 0 Å². The van der Waals surface area contributed by atoms with Crippen LogP contribution in [0.15, 0.2) is 78.9 Å². The Morgan fingerprint density at radius 2 is 1.29 bits per heavy atom. The minimum absolute atomic E-state index is 0.825. The van der Waals surface area contributed by atoms with Gasteiger partial charge in [-0.3, -0.25) is 0 Å². The third kappa shape index (κ3) is 3.74. The predicted molar refractivity (Wildman–Crippen MR) is 97.8 cm³/mol. The first-order valence-electron chi connectivity index (χ1n) is 7.69. The molecule has 3 nitrogen and oxygen atoms in total. The van der Waals surface area contributed by atoms with Crippen molar-refractivity contribution >= 4 is 14.5 Å². The second-order valence-electron chi connectivity index (χ2n) is 5.18. The van der Waals surface area contributed by atoms with E-state index in [-0.39, 0.29) is 0 Å². The topological polar surface area (TPSA) is 27.7 Å². The summed E-state index contributed by atoms with van der Waals surface area (Å²) in [5.41, 5.74) is 2.15. The second-order valence-corrected chi connectivity index (χ2v) is 7.15. The molecule has 24 heavy (non-hydrogen) atoms. The second kappa shape index (κ2) is 7.92. The molecule has 0 N–H and O–H groups in total. The highest BCUT2D eigenvalue weighted by Crippen LogP contribution is 2.32. The predicted octanol–water partition coefficient (Wildman–Crippen LogP) is 4.13. The lowest BCUT2D eigenvalue weighted by molar-refractivity contribution is 0.292. The average Bonchev–Trinajstić information content (AvgIpc) is 2.65. The summed E-state index contributed by atoms with van der Waals surface area (Å²) in [5.74, 6) is 1.66. The number of para-hydroxylation sites is 2. The van der Waals surface area contributed by atoms with E-state index in [2.05, 4.69) is 30.3 Å². The van der Waals surface area contributed by atoms with Crippen LogP contribution in [-0.2, 0) is 8.85 Å². The van der Waals surface area contributed by atoms with Gasteiger partial charge in [0.25, 0.3) is 0 Å². The standard InChI is InChI=1S/C20H19O3Si/c1-21-24(22-2)18-14-12-16(13-15-18)19-10-6-7-11-20(19)23-17-8-4-3-5-9-17/h3-15H,1-2H3. The molecule has 0 fully saturated rings. The van der Waals surface area contributed by atoms with Crippen molar-refractivity contribution in [3.63, 3.8) is 0 Å². The van der Waals surface area contributed by atoms with Gasteiger partial charge in [0.1, 0.15) is 11.5 Å². The average molecular weight is 335 g/mol. The van der Waals surface area contributed by atoms with E-state index in [9.17, 15) is 0 Å². The highest BCUT2D eigenvalue weighted by Gasteiger charge is 2.16. The van der Waals surface area contributed by atoms with E-state index in [0.29, 0.717) is 0 Å². The van der Waals surface area contributed by atoms with E-state index in [4.69, 9.17) is 13.6 Å². The molecule has 4 heteroatoms. The third-order valence-electron chi connectivity index (χ3n) is 3.66. The van der Waals surface area contributed by atoms with Gasteiger partial charge in [-0.1, -0.05) is 60.7 Å². The van der Waals surface area contributed by atoms with Crippen LogP contribution < -0.4 is 9.92 Å². The fraction of sp³-hybridized carbons (Fsp3) is 0.100. The molecule has 0 aliphatic heterocycles. The molecule has 121 valence electrons. The summed E-state index contributed by atoms with van der Waals surface area (Å²) in [5, 5.41) is 1.08. The molecule has 0 saturated heterocycles. The molecule has 0 bridgehead atoms. The van der Waals surface area contributed by atoms with Crippen molar-refractivity contribution in [1.29, 1.82) is 0 Å². The van der Waals surface area contributed by atoms with Crippen LogP contribution in [0.1, 0.15) is 0 Å². The summed E-state index contributed by atoms with van der Waals surface area (Å²) < 4.78 is 16.8.